The molecule has 2 rings (SSSR count). The highest BCUT2D eigenvalue weighted by Crippen LogP contribution is 2.18. The van der Waals surface area contributed by atoms with Gasteiger partial charge in [-0.2, -0.15) is 0 Å². The SMILES string of the molecule is Cc1csc(NC(=O)c2ccc(S(=O)(=O)C(C)C)cc2)n1. The second-order valence-electron chi connectivity index (χ2n) is 4.87. The molecule has 0 aliphatic carbocycles. The quantitative estimate of drug-likeness (QED) is 0.938. The molecule has 21 heavy (non-hydrogen) atoms. The van der Waals surface area contributed by atoms with E-state index in [-0.39, 0.29) is 10.8 Å². The first kappa shape index (κ1) is 15.7. The third-order valence-electron chi connectivity index (χ3n) is 2.91. The van der Waals surface area contributed by atoms with Crippen LogP contribution in [0.25, 0.3) is 0 Å². The number of hydrogen-bond donors (Lipinski definition) is 1. The summed E-state index contributed by atoms with van der Waals surface area (Å²) in [7, 11) is -3.32. The Labute approximate surface area is 128 Å². The van der Waals surface area contributed by atoms with E-state index in [1.54, 1.807) is 13.8 Å². The predicted octanol–water partition coefficient (Wildman–Crippen LogP) is 2.89. The first-order chi connectivity index (χ1) is 9.80. The molecule has 0 unspecified atom stereocenters. The lowest BCUT2D eigenvalue weighted by Gasteiger charge is -2.08. The van der Waals surface area contributed by atoms with Gasteiger partial charge in [0.1, 0.15) is 0 Å². The molecule has 0 atom stereocenters. The summed E-state index contributed by atoms with van der Waals surface area (Å²) in [6, 6.07) is 5.92. The zero-order chi connectivity index (χ0) is 15.6. The molecule has 1 amide bonds. The minimum atomic E-state index is -3.32. The van der Waals surface area contributed by atoms with Gasteiger partial charge in [0.2, 0.25) is 0 Å². The molecule has 1 heterocycles. The third kappa shape index (κ3) is 3.48. The minimum absolute atomic E-state index is 0.221. The van der Waals surface area contributed by atoms with E-state index in [9.17, 15) is 13.2 Å². The Kier molecular flexibility index (Phi) is 4.43. The molecular weight excluding hydrogens is 308 g/mol. The van der Waals surface area contributed by atoms with Crippen LogP contribution in [-0.2, 0) is 9.84 Å². The molecule has 2 aromatic rings. The number of thiazole rings is 1. The Morgan fingerprint density at radius 1 is 1.24 bits per heavy atom. The molecule has 112 valence electrons. The molecule has 0 bridgehead atoms. The fourth-order valence-corrected chi connectivity index (χ4v) is 3.39. The molecule has 0 spiro atoms. The molecule has 7 heteroatoms. The summed E-state index contributed by atoms with van der Waals surface area (Å²) in [5, 5.41) is 4.55. The molecule has 1 aromatic carbocycles. The Hall–Kier alpha value is -1.73. The van der Waals surface area contributed by atoms with Crippen molar-refractivity contribution in [3.05, 3.63) is 40.9 Å². The van der Waals surface area contributed by atoms with Gasteiger partial charge >= 0.3 is 0 Å². The number of nitrogens with zero attached hydrogens (tertiary/aromatic N) is 1. The van der Waals surface area contributed by atoms with E-state index in [1.165, 1.54) is 35.6 Å². The first-order valence-corrected chi connectivity index (χ1v) is 8.81. The lowest BCUT2D eigenvalue weighted by Crippen LogP contribution is -2.15. The molecule has 1 aromatic heterocycles. The molecule has 0 fully saturated rings. The van der Waals surface area contributed by atoms with Crippen molar-refractivity contribution in [3.8, 4) is 0 Å². The van der Waals surface area contributed by atoms with Crippen LogP contribution in [0, 0.1) is 6.92 Å². The van der Waals surface area contributed by atoms with Crippen molar-refractivity contribution in [2.24, 2.45) is 0 Å². The molecule has 0 aliphatic heterocycles. The standard InChI is InChI=1S/C14H16N2O3S2/c1-9(2)21(18,19)12-6-4-11(5-7-12)13(17)16-14-15-10(3)8-20-14/h4-9H,1-3H3,(H,15,16,17). The Morgan fingerprint density at radius 2 is 1.86 bits per heavy atom. The van der Waals surface area contributed by atoms with Crippen LogP contribution in [-0.4, -0.2) is 24.6 Å². The second kappa shape index (κ2) is 5.95. The van der Waals surface area contributed by atoms with E-state index in [0.717, 1.165) is 5.69 Å². The van der Waals surface area contributed by atoms with Gasteiger partial charge in [-0.25, -0.2) is 13.4 Å². The van der Waals surface area contributed by atoms with Crippen LogP contribution >= 0.6 is 11.3 Å². The fourth-order valence-electron chi connectivity index (χ4n) is 1.65. The van der Waals surface area contributed by atoms with Gasteiger partial charge in [-0.3, -0.25) is 10.1 Å². The molecule has 0 saturated heterocycles. The van der Waals surface area contributed by atoms with Crippen molar-refractivity contribution in [3.63, 3.8) is 0 Å². The van der Waals surface area contributed by atoms with Gasteiger partial charge in [-0.05, 0) is 45.0 Å². The smallest absolute Gasteiger partial charge is 0.257 e. The Balaban J connectivity index is 2.17. The van der Waals surface area contributed by atoms with Crippen molar-refractivity contribution < 1.29 is 13.2 Å². The van der Waals surface area contributed by atoms with Crippen LogP contribution in [0.1, 0.15) is 29.9 Å². The van der Waals surface area contributed by atoms with E-state index >= 15 is 0 Å². The highest BCUT2D eigenvalue weighted by Gasteiger charge is 2.19. The predicted molar refractivity (Wildman–Crippen MR) is 83.6 cm³/mol. The van der Waals surface area contributed by atoms with Crippen LogP contribution in [0.15, 0.2) is 34.5 Å². The Morgan fingerprint density at radius 3 is 2.33 bits per heavy atom. The van der Waals surface area contributed by atoms with Gasteiger partial charge in [-0.15, -0.1) is 11.3 Å². The molecule has 1 N–H and O–H groups in total. The van der Waals surface area contributed by atoms with Crippen LogP contribution in [0.5, 0.6) is 0 Å². The van der Waals surface area contributed by atoms with Crippen LogP contribution < -0.4 is 5.32 Å². The molecule has 0 saturated carbocycles. The number of carbonyl (C=O) groups is 1. The van der Waals surface area contributed by atoms with E-state index < -0.39 is 15.1 Å². The number of carbonyl (C=O) groups excluding carboxylic acids is 1. The lowest BCUT2D eigenvalue weighted by atomic mass is 10.2. The average molecular weight is 324 g/mol. The fraction of sp³-hybridized carbons (Fsp3) is 0.286. The normalized spacial score (nSPS) is 11.6. The van der Waals surface area contributed by atoms with Crippen LogP contribution in [0.4, 0.5) is 5.13 Å². The monoisotopic (exact) mass is 324 g/mol. The van der Waals surface area contributed by atoms with Crippen LogP contribution in [0.2, 0.25) is 0 Å². The number of nitrogens with one attached hydrogen (secondary N) is 1. The zero-order valence-electron chi connectivity index (χ0n) is 12.0. The lowest BCUT2D eigenvalue weighted by molar-refractivity contribution is 0.102. The maximum Gasteiger partial charge on any atom is 0.257 e. The van der Waals surface area contributed by atoms with Crippen molar-refractivity contribution >= 4 is 32.2 Å². The van der Waals surface area contributed by atoms with Gasteiger partial charge in [0.25, 0.3) is 5.91 Å². The largest absolute Gasteiger partial charge is 0.298 e. The molecule has 0 radical (unpaired) electrons. The van der Waals surface area contributed by atoms with Gasteiger partial charge in [0.15, 0.2) is 15.0 Å². The van der Waals surface area contributed by atoms with Crippen molar-refractivity contribution in [2.45, 2.75) is 30.9 Å². The van der Waals surface area contributed by atoms with Gasteiger partial charge < -0.3 is 0 Å². The number of aryl methyl sites for hydroxylation is 1. The highest BCUT2D eigenvalue weighted by atomic mass is 32.2. The van der Waals surface area contributed by atoms with E-state index in [4.69, 9.17) is 0 Å². The van der Waals surface area contributed by atoms with Gasteiger partial charge in [0.05, 0.1) is 15.8 Å². The first-order valence-electron chi connectivity index (χ1n) is 6.38. The number of hydrogen-bond acceptors (Lipinski definition) is 5. The number of aromatic nitrogens is 1. The zero-order valence-corrected chi connectivity index (χ0v) is 13.6. The molecule has 5 nitrogen and oxygen atoms in total. The summed E-state index contributed by atoms with van der Waals surface area (Å²) >= 11 is 1.34. The van der Waals surface area contributed by atoms with Crippen LogP contribution in [0.3, 0.4) is 0 Å². The maximum absolute atomic E-state index is 12.0. The summed E-state index contributed by atoms with van der Waals surface area (Å²) in [5.74, 6) is -0.308. The maximum atomic E-state index is 12.0. The summed E-state index contributed by atoms with van der Waals surface area (Å²) in [4.78, 5) is 16.4. The molecule has 0 aliphatic rings. The van der Waals surface area contributed by atoms with Crippen molar-refractivity contribution in [1.82, 2.24) is 4.98 Å². The van der Waals surface area contributed by atoms with Crippen molar-refractivity contribution in [1.29, 1.82) is 0 Å². The van der Waals surface area contributed by atoms with Gasteiger partial charge in [0, 0.05) is 10.9 Å². The second-order valence-corrected chi connectivity index (χ2v) is 8.23. The number of sulfone groups is 1. The van der Waals surface area contributed by atoms with E-state index in [2.05, 4.69) is 10.3 Å². The number of amides is 1. The van der Waals surface area contributed by atoms with Gasteiger partial charge in [-0.1, -0.05) is 0 Å². The van der Waals surface area contributed by atoms with E-state index in [0.29, 0.717) is 10.7 Å². The van der Waals surface area contributed by atoms with E-state index in [1.807, 2.05) is 12.3 Å². The highest BCUT2D eigenvalue weighted by molar-refractivity contribution is 7.92. The Bertz CT molecular complexity index is 747. The molecular formula is C14H16N2O3S2. The number of anilines is 1. The summed E-state index contributed by atoms with van der Waals surface area (Å²) in [6.07, 6.45) is 0. The number of benzene rings is 1. The topological polar surface area (TPSA) is 76.1 Å². The summed E-state index contributed by atoms with van der Waals surface area (Å²) in [6.45, 7) is 5.10. The third-order valence-corrected chi connectivity index (χ3v) is 5.95. The summed E-state index contributed by atoms with van der Waals surface area (Å²) in [5.41, 5.74) is 1.24. The average Bonchev–Trinajstić information content (AvgIpc) is 2.84. The van der Waals surface area contributed by atoms with Crippen molar-refractivity contribution in [2.75, 3.05) is 5.32 Å². The summed E-state index contributed by atoms with van der Waals surface area (Å²) < 4.78 is 24.0. The minimum Gasteiger partial charge on any atom is -0.298 e. The number of rotatable bonds is 4.